The standard InChI is InChI=1S/C35H56O4/c1-3-4-22-28-33(36)30-25-20-21-26-31-34(37)29-24-19-17-15-13-11-9-7-5-6-8-10-12-14-16-18-23-27-32(2)35(38)39/h4,13,15,19-22,24,26,31-34,36-37H,3,5-12,14,16-18,23,27-29H2,1-2H3,(H,38,39)/b15-13-,21-20+,22-4-,24-19-,31-26+/t32?,33-,34+/m0/s1. The van der Waals surface area contributed by atoms with Crippen LogP contribution >= 0.6 is 0 Å². The average Bonchev–Trinajstić information content (AvgIpc) is 2.91. The molecule has 0 saturated carbocycles. The third-order valence-corrected chi connectivity index (χ3v) is 6.55. The molecule has 4 nitrogen and oxygen atoms in total. The molecule has 0 saturated heterocycles. The van der Waals surface area contributed by atoms with Crippen molar-refractivity contribution in [1.29, 1.82) is 0 Å². The Morgan fingerprint density at radius 3 is 1.97 bits per heavy atom. The normalized spacial score (nSPS) is 14.6. The first-order valence-electron chi connectivity index (χ1n) is 15.4. The van der Waals surface area contributed by atoms with Gasteiger partial charge in [-0.3, -0.25) is 4.79 Å². The molecule has 0 spiro atoms. The number of unbranched alkanes of at least 4 members (excludes halogenated alkanes) is 11. The van der Waals surface area contributed by atoms with Gasteiger partial charge in [-0.15, -0.1) is 0 Å². The summed E-state index contributed by atoms with van der Waals surface area (Å²) < 4.78 is 0. The second kappa shape index (κ2) is 28.7. The molecule has 3 N–H and O–H groups in total. The number of aliphatic hydroxyl groups is 2. The first-order valence-corrected chi connectivity index (χ1v) is 15.4. The number of aliphatic carboxylic acids is 1. The van der Waals surface area contributed by atoms with E-state index in [-0.39, 0.29) is 5.92 Å². The molecule has 220 valence electrons. The second-order valence-corrected chi connectivity index (χ2v) is 10.4. The van der Waals surface area contributed by atoms with Gasteiger partial charge in [0.25, 0.3) is 0 Å². The van der Waals surface area contributed by atoms with Gasteiger partial charge in [0.1, 0.15) is 6.10 Å². The van der Waals surface area contributed by atoms with E-state index in [0.29, 0.717) is 12.8 Å². The lowest BCUT2D eigenvalue weighted by atomic mass is 10.0. The Morgan fingerprint density at radius 1 is 0.744 bits per heavy atom. The van der Waals surface area contributed by atoms with E-state index in [1.807, 2.05) is 18.2 Å². The molecular weight excluding hydrogens is 484 g/mol. The van der Waals surface area contributed by atoms with E-state index in [4.69, 9.17) is 5.11 Å². The Labute approximate surface area is 239 Å². The average molecular weight is 541 g/mol. The second-order valence-electron chi connectivity index (χ2n) is 10.4. The minimum absolute atomic E-state index is 0.197. The molecule has 0 aromatic carbocycles. The Bertz CT molecular complexity index is 778. The van der Waals surface area contributed by atoms with Crippen molar-refractivity contribution in [1.82, 2.24) is 0 Å². The van der Waals surface area contributed by atoms with Gasteiger partial charge in [0.05, 0.1) is 12.0 Å². The summed E-state index contributed by atoms with van der Waals surface area (Å²) in [5.74, 6) is 4.71. The van der Waals surface area contributed by atoms with Crippen molar-refractivity contribution >= 4 is 5.97 Å². The lowest BCUT2D eigenvalue weighted by molar-refractivity contribution is -0.141. The van der Waals surface area contributed by atoms with Crippen LogP contribution in [-0.2, 0) is 4.79 Å². The monoisotopic (exact) mass is 540 g/mol. The summed E-state index contributed by atoms with van der Waals surface area (Å²) in [4.78, 5) is 10.8. The van der Waals surface area contributed by atoms with Gasteiger partial charge < -0.3 is 15.3 Å². The Morgan fingerprint density at radius 2 is 1.33 bits per heavy atom. The number of hydrogen-bond acceptors (Lipinski definition) is 3. The molecule has 0 amide bonds. The van der Waals surface area contributed by atoms with Crippen LogP contribution in [0, 0.1) is 17.8 Å². The highest BCUT2D eigenvalue weighted by atomic mass is 16.4. The van der Waals surface area contributed by atoms with Crippen LogP contribution in [0.3, 0.4) is 0 Å². The van der Waals surface area contributed by atoms with Gasteiger partial charge in [-0.1, -0.05) is 145 Å². The Balaban J connectivity index is 3.56. The lowest BCUT2D eigenvalue weighted by Crippen LogP contribution is -2.08. The highest BCUT2D eigenvalue weighted by Gasteiger charge is 2.09. The summed E-state index contributed by atoms with van der Waals surface area (Å²) in [5, 5.41) is 28.6. The SMILES string of the molecule is CC/C=C\C[C@H](O)C#C/C=C/C=C/[C@H](O)C/C=C\C/C=C\CCCCCCCCCCCCCC(C)C(=O)O. The van der Waals surface area contributed by atoms with Crippen LogP contribution in [0.15, 0.2) is 60.8 Å². The topological polar surface area (TPSA) is 77.8 Å². The maximum Gasteiger partial charge on any atom is 0.306 e. The van der Waals surface area contributed by atoms with Gasteiger partial charge >= 0.3 is 5.97 Å². The van der Waals surface area contributed by atoms with Crippen molar-refractivity contribution in [3.05, 3.63) is 60.8 Å². The number of aliphatic hydroxyl groups excluding tert-OH is 2. The van der Waals surface area contributed by atoms with Crippen LogP contribution in [0.1, 0.15) is 123 Å². The zero-order chi connectivity index (χ0) is 28.8. The van der Waals surface area contributed by atoms with E-state index < -0.39 is 18.2 Å². The highest BCUT2D eigenvalue weighted by molar-refractivity contribution is 5.69. The fraction of sp³-hybridized carbons (Fsp3) is 0.629. The van der Waals surface area contributed by atoms with Gasteiger partial charge in [-0.25, -0.2) is 0 Å². The summed E-state index contributed by atoms with van der Waals surface area (Å²) in [5.41, 5.74) is 0. The number of carbonyl (C=O) groups is 1. The molecule has 1 unspecified atom stereocenters. The zero-order valence-corrected chi connectivity index (χ0v) is 24.8. The van der Waals surface area contributed by atoms with E-state index in [1.165, 1.54) is 64.2 Å². The number of carboxylic acids is 1. The molecule has 0 aliphatic rings. The van der Waals surface area contributed by atoms with Crippen LogP contribution in [0.2, 0.25) is 0 Å². The first-order chi connectivity index (χ1) is 19.0. The van der Waals surface area contributed by atoms with Gasteiger partial charge in [0, 0.05) is 6.42 Å². The van der Waals surface area contributed by atoms with Gasteiger partial charge in [0.15, 0.2) is 0 Å². The minimum Gasteiger partial charge on any atom is -0.481 e. The number of hydrogen-bond donors (Lipinski definition) is 3. The van der Waals surface area contributed by atoms with Crippen LogP contribution in [0.5, 0.6) is 0 Å². The lowest BCUT2D eigenvalue weighted by Gasteiger charge is -2.05. The highest BCUT2D eigenvalue weighted by Crippen LogP contribution is 2.14. The largest absolute Gasteiger partial charge is 0.481 e. The van der Waals surface area contributed by atoms with E-state index in [9.17, 15) is 15.0 Å². The zero-order valence-electron chi connectivity index (χ0n) is 24.8. The van der Waals surface area contributed by atoms with Crippen molar-refractivity contribution in [3.8, 4) is 11.8 Å². The van der Waals surface area contributed by atoms with E-state index in [1.54, 1.807) is 31.2 Å². The number of rotatable bonds is 24. The molecule has 39 heavy (non-hydrogen) atoms. The summed E-state index contributed by atoms with van der Waals surface area (Å²) in [6.07, 6.45) is 37.3. The fourth-order valence-electron chi connectivity index (χ4n) is 4.02. The smallest absolute Gasteiger partial charge is 0.306 e. The van der Waals surface area contributed by atoms with Crippen molar-refractivity contribution in [2.75, 3.05) is 0 Å². The summed E-state index contributed by atoms with van der Waals surface area (Å²) >= 11 is 0. The summed E-state index contributed by atoms with van der Waals surface area (Å²) in [7, 11) is 0. The fourth-order valence-corrected chi connectivity index (χ4v) is 4.02. The quantitative estimate of drug-likeness (QED) is 0.0494. The maximum atomic E-state index is 10.8. The molecule has 0 bridgehead atoms. The molecule has 4 heteroatoms. The molecular formula is C35H56O4. The minimum atomic E-state index is -0.669. The third kappa shape index (κ3) is 28.5. The van der Waals surface area contributed by atoms with E-state index in [2.05, 4.69) is 37.0 Å². The van der Waals surface area contributed by atoms with E-state index >= 15 is 0 Å². The molecule has 0 heterocycles. The Hall–Kier alpha value is -2.35. The Kier molecular flexibility index (Phi) is 26.9. The molecule has 3 atom stereocenters. The van der Waals surface area contributed by atoms with Crippen molar-refractivity contribution in [2.45, 2.75) is 135 Å². The van der Waals surface area contributed by atoms with Gasteiger partial charge in [0.2, 0.25) is 0 Å². The van der Waals surface area contributed by atoms with Crippen LogP contribution in [0.4, 0.5) is 0 Å². The molecule has 0 radical (unpaired) electrons. The first kappa shape index (κ1) is 36.6. The van der Waals surface area contributed by atoms with Gasteiger partial charge in [-0.2, -0.15) is 0 Å². The number of carboxylic acid groups (broad SMARTS) is 1. The molecule has 0 rings (SSSR count). The van der Waals surface area contributed by atoms with Crippen molar-refractivity contribution in [2.24, 2.45) is 5.92 Å². The van der Waals surface area contributed by atoms with Crippen molar-refractivity contribution in [3.63, 3.8) is 0 Å². The van der Waals surface area contributed by atoms with Crippen LogP contribution in [0.25, 0.3) is 0 Å². The maximum absolute atomic E-state index is 10.8. The molecule has 0 aromatic rings. The predicted octanol–water partition coefficient (Wildman–Crippen LogP) is 8.86. The predicted molar refractivity (Wildman–Crippen MR) is 166 cm³/mol. The van der Waals surface area contributed by atoms with Crippen LogP contribution < -0.4 is 0 Å². The molecule has 0 aliphatic carbocycles. The molecule has 0 fully saturated rings. The van der Waals surface area contributed by atoms with Gasteiger partial charge in [-0.05, 0) is 44.6 Å². The molecule has 0 aliphatic heterocycles. The summed E-state index contributed by atoms with van der Waals surface area (Å²) in [6.45, 7) is 3.85. The number of allylic oxidation sites excluding steroid dienone is 7. The van der Waals surface area contributed by atoms with Crippen LogP contribution in [-0.4, -0.2) is 33.5 Å². The third-order valence-electron chi connectivity index (χ3n) is 6.55. The summed E-state index contributed by atoms with van der Waals surface area (Å²) in [6, 6.07) is 0. The van der Waals surface area contributed by atoms with Crippen molar-refractivity contribution < 1.29 is 20.1 Å². The van der Waals surface area contributed by atoms with E-state index in [0.717, 1.165) is 32.1 Å². The molecule has 0 aromatic heterocycles.